The number of likely N-dealkylation sites (N-methyl/N-ethyl adjacent to an activating group) is 1. The molecule has 1 aromatic rings. The van der Waals surface area contributed by atoms with Crippen LogP contribution < -0.4 is 11.1 Å². The fourth-order valence-corrected chi connectivity index (χ4v) is 2.49. The summed E-state index contributed by atoms with van der Waals surface area (Å²) < 4.78 is 38.1. The van der Waals surface area contributed by atoms with Crippen molar-refractivity contribution in [1.29, 1.82) is 0 Å². The first kappa shape index (κ1) is 15.1. The third-order valence-corrected chi connectivity index (χ3v) is 3.58. The third kappa shape index (κ3) is 3.40. The summed E-state index contributed by atoms with van der Waals surface area (Å²) in [5.74, 6) is 0. The molecule has 0 spiro atoms. The minimum atomic E-state index is -4.40. The Kier molecular flexibility index (Phi) is 4.19. The second-order valence-electron chi connectivity index (χ2n) is 5.01. The highest BCUT2D eigenvalue weighted by Crippen LogP contribution is 2.32. The molecule has 0 amide bonds. The maximum Gasteiger partial charge on any atom is 0.416 e. The van der Waals surface area contributed by atoms with E-state index in [1.54, 1.807) is 0 Å². The smallest absolute Gasteiger partial charge is 0.389 e. The van der Waals surface area contributed by atoms with Crippen molar-refractivity contribution in [2.24, 2.45) is 5.73 Å². The topological polar surface area (TPSA) is 41.3 Å². The van der Waals surface area contributed by atoms with Gasteiger partial charge in [-0.3, -0.25) is 0 Å². The Hall–Kier alpha value is -1.34. The fourth-order valence-electron chi connectivity index (χ4n) is 2.32. The number of benzene rings is 1. The Morgan fingerprint density at radius 3 is 2.65 bits per heavy atom. The maximum absolute atomic E-state index is 12.7. The highest BCUT2D eigenvalue weighted by molar-refractivity contribution is 7.80. The van der Waals surface area contributed by atoms with E-state index in [4.69, 9.17) is 18.0 Å². The van der Waals surface area contributed by atoms with Crippen LogP contribution in [0.3, 0.4) is 0 Å². The molecular weight excluding hydrogens is 287 g/mol. The van der Waals surface area contributed by atoms with Crippen LogP contribution in [-0.4, -0.2) is 36.1 Å². The molecule has 1 saturated heterocycles. The minimum Gasteiger partial charge on any atom is -0.389 e. The average Bonchev–Trinajstić information content (AvgIpc) is 2.73. The van der Waals surface area contributed by atoms with Gasteiger partial charge in [-0.1, -0.05) is 12.2 Å². The number of nitrogens with two attached hydrogens (primary N) is 1. The molecular formula is C13H16F3N3S. The van der Waals surface area contributed by atoms with Crippen LogP contribution >= 0.6 is 12.2 Å². The molecule has 0 aliphatic carbocycles. The lowest BCUT2D eigenvalue weighted by Gasteiger charge is -2.18. The Bertz CT molecular complexity index is 516. The summed E-state index contributed by atoms with van der Waals surface area (Å²) in [7, 11) is 2.00. The van der Waals surface area contributed by atoms with Gasteiger partial charge in [0.25, 0.3) is 0 Å². The van der Waals surface area contributed by atoms with Gasteiger partial charge >= 0.3 is 6.18 Å². The molecule has 1 atom stereocenters. The molecule has 0 bridgehead atoms. The number of halogens is 3. The van der Waals surface area contributed by atoms with Crippen LogP contribution in [0.4, 0.5) is 18.9 Å². The summed E-state index contributed by atoms with van der Waals surface area (Å²) in [5.41, 5.74) is 5.60. The second-order valence-corrected chi connectivity index (χ2v) is 5.45. The third-order valence-electron chi connectivity index (χ3n) is 3.36. The summed E-state index contributed by atoms with van der Waals surface area (Å²) in [6, 6.07) is 3.65. The summed E-state index contributed by atoms with van der Waals surface area (Å²) >= 11 is 4.86. The predicted octanol–water partition coefficient (Wildman–Crippen LogP) is 2.46. The van der Waals surface area contributed by atoms with Crippen LogP contribution in [0, 0.1) is 0 Å². The van der Waals surface area contributed by atoms with E-state index in [2.05, 4.69) is 10.2 Å². The molecule has 1 unspecified atom stereocenters. The number of rotatable bonds is 3. The van der Waals surface area contributed by atoms with Crippen molar-refractivity contribution >= 4 is 22.9 Å². The van der Waals surface area contributed by atoms with Gasteiger partial charge in [0.2, 0.25) is 0 Å². The van der Waals surface area contributed by atoms with E-state index in [1.807, 2.05) is 7.05 Å². The minimum absolute atomic E-state index is 0.0371. The molecule has 1 fully saturated rings. The van der Waals surface area contributed by atoms with E-state index in [-0.39, 0.29) is 16.6 Å². The standard InChI is InChI=1S/C13H16F3N3S/c1-19-5-4-9(7-19)18-11-3-2-8(13(14,15)16)6-10(11)12(17)20/h2-3,6,9,18H,4-5,7H2,1H3,(H2,17,20). The summed E-state index contributed by atoms with van der Waals surface area (Å²) in [6.45, 7) is 1.80. The van der Waals surface area contributed by atoms with Gasteiger partial charge < -0.3 is 16.0 Å². The van der Waals surface area contributed by atoms with Crippen molar-refractivity contribution in [3.63, 3.8) is 0 Å². The van der Waals surface area contributed by atoms with Crippen LogP contribution in [-0.2, 0) is 6.18 Å². The molecule has 0 saturated carbocycles. The molecule has 2 rings (SSSR count). The molecule has 1 aromatic carbocycles. The Labute approximate surface area is 120 Å². The van der Waals surface area contributed by atoms with Crippen molar-refractivity contribution in [3.05, 3.63) is 29.3 Å². The predicted molar refractivity (Wildman–Crippen MR) is 76.9 cm³/mol. The Morgan fingerprint density at radius 2 is 2.15 bits per heavy atom. The van der Waals surface area contributed by atoms with E-state index in [9.17, 15) is 13.2 Å². The van der Waals surface area contributed by atoms with Crippen molar-refractivity contribution in [3.8, 4) is 0 Å². The van der Waals surface area contributed by atoms with Crippen LogP contribution in [0.15, 0.2) is 18.2 Å². The zero-order valence-electron chi connectivity index (χ0n) is 11.0. The highest BCUT2D eigenvalue weighted by Gasteiger charge is 2.31. The highest BCUT2D eigenvalue weighted by atomic mass is 32.1. The summed E-state index contributed by atoms with van der Waals surface area (Å²) in [6.07, 6.45) is -3.46. The van der Waals surface area contributed by atoms with Gasteiger partial charge in [0.15, 0.2) is 0 Å². The molecule has 7 heteroatoms. The van der Waals surface area contributed by atoms with E-state index in [1.165, 1.54) is 6.07 Å². The van der Waals surface area contributed by atoms with Gasteiger partial charge in [-0.15, -0.1) is 0 Å². The fraction of sp³-hybridized carbons (Fsp3) is 0.462. The first-order valence-corrected chi connectivity index (χ1v) is 6.64. The zero-order chi connectivity index (χ0) is 14.9. The lowest BCUT2D eigenvalue weighted by Crippen LogP contribution is -2.25. The van der Waals surface area contributed by atoms with Crippen LogP contribution in [0.2, 0.25) is 0 Å². The van der Waals surface area contributed by atoms with Gasteiger partial charge in [0, 0.05) is 23.8 Å². The van der Waals surface area contributed by atoms with Crippen LogP contribution in [0.25, 0.3) is 0 Å². The van der Waals surface area contributed by atoms with Crippen molar-refractivity contribution in [2.75, 3.05) is 25.5 Å². The number of thiocarbonyl (C=S) groups is 1. The number of alkyl halides is 3. The molecule has 1 heterocycles. The molecule has 3 nitrogen and oxygen atoms in total. The van der Waals surface area contributed by atoms with Crippen molar-refractivity contribution < 1.29 is 13.2 Å². The Morgan fingerprint density at radius 1 is 1.45 bits per heavy atom. The molecule has 110 valence electrons. The molecule has 0 radical (unpaired) electrons. The number of nitrogens with one attached hydrogen (secondary N) is 1. The maximum atomic E-state index is 12.7. The first-order chi connectivity index (χ1) is 9.27. The van der Waals surface area contributed by atoms with E-state index in [0.717, 1.165) is 31.6 Å². The van der Waals surface area contributed by atoms with Crippen LogP contribution in [0.1, 0.15) is 17.5 Å². The number of anilines is 1. The normalized spacial score (nSPS) is 20.1. The summed E-state index contributed by atoms with van der Waals surface area (Å²) in [5, 5.41) is 3.22. The van der Waals surface area contributed by atoms with Crippen LogP contribution in [0.5, 0.6) is 0 Å². The van der Waals surface area contributed by atoms with E-state index >= 15 is 0 Å². The summed E-state index contributed by atoms with van der Waals surface area (Å²) in [4.78, 5) is 2.12. The number of hydrogen-bond donors (Lipinski definition) is 2. The largest absolute Gasteiger partial charge is 0.416 e. The lowest BCUT2D eigenvalue weighted by molar-refractivity contribution is -0.137. The average molecular weight is 303 g/mol. The van der Waals surface area contributed by atoms with E-state index in [0.29, 0.717) is 5.69 Å². The monoisotopic (exact) mass is 303 g/mol. The molecule has 3 N–H and O–H groups in total. The van der Waals surface area contributed by atoms with Gasteiger partial charge in [-0.05, 0) is 38.2 Å². The van der Waals surface area contributed by atoms with Gasteiger partial charge in [-0.2, -0.15) is 13.2 Å². The lowest BCUT2D eigenvalue weighted by atomic mass is 10.1. The number of likely N-dealkylation sites (tertiary alicyclic amines) is 1. The quantitative estimate of drug-likeness (QED) is 0.842. The number of nitrogens with zero attached hydrogens (tertiary/aromatic N) is 1. The molecule has 0 aromatic heterocycles. The molecule has 1 aliphatic rings. The van der Waals surface area contributed by atoms with Gasteiger partial charge in [0.1, 0.15) is 4.99 Å². The van der Waals surface area contributed by atoms with Crippen molar-refractivity contribution in [1.82, 2.24) is 4.90 Å². The second kappa shape index (κ2) is 5.57. The van der Waals surface area contributed by atoms with Crippen molar-refractivity contribution in [2.45, 2.75) is 18.6 Å². The first-order valence-electron chi connectivity index (χ1n) is 6.23. The molecule has 20 heavy (non-hydrogen) atoms. The Balaban J connectivity index is 2.26. The SMILES string of the molecule is CN1CCC(Nc2ccc(C(F)(F)F)cc2C(N)=S)C1. The van der Waals surface area contributed by atoms with Gasteiger partial charge in [0.05, 0.1) is 5.56 Å². The van der Waals surface area contributed by atoms with Gasteiger partial charge in [-0.25, -0.2) is 0 Å². The number of hydrogen-bond acceptors (Lipinski definition) is 3. The van der Waals surface area contributed by atoms with E-state index < -0.39 is 11.7 Å². The zero-order valence-corrected chi connectivity index (χ0v) is 11.8. The molecule has 1 aliphatic heterocycles.